The summed E-state index contributed by atoms with van der Waals surface area (Å²) >= 11 is 0. The number of piperidine rings is 1. The molecule has 8 rings (SSSR count). The Morgan fingerprint density at radius 2 is 2.09 bits per heavy atom. The first-order valence-electron chi connectivity index (χ1n) is 11.7. The lowest BCUT2D eigenvalue weighted by Crippen LogP contribution is -2.68. The lowest BCUT2D eigenvalue weighted by Gasteiger charge is -2.64. The van der Waals surface area contributed by atoms with Gasteiger partial charge in [0.15, 0.2) is 6.10 Å². The Hall–Kier alpha value is -2.92. The first kappa shape index (κ1) is 17.6. The van der Waals surface area contributed by atoms with Crippen molar-refractivity contribution in [2.24, 2.45) is 16.1 Å². The fraction of sp³-hybridized carbons (Fsp3) is 0.407. The largest absolute Gasteiger partial charge is 0.483 e. The van der Waals surface area contributed by atoms with E-state index >= 15 is 0 Å². The molecule has 160 valence electrons. The van der Waals surface area contributed by atoms with Crippen molar-refractivity contribution in [1.82, 2.24) is 9.88 Å². The number of hydrogen-bond acceptors (Lipinski definition) is 5. The number of aryl methyl sites for hydroxylation is 1. The highest BCUT2D eigenvalue weighted by Gasteiger charge is 2.70. The second-order valence-corrected chi connectivity index (χ2v) is 10.8. The summed E-state index contributed by atoms with van der Waals surface area (Å²) in [5.41, 5.74) is 16.0. The van der Waals surface area contributed by atoms with Crippen LogP contribution in [0, 0.1) is 12.3 Å². The Kier molecular flexibility index (Phi) is 2.85. The predicted molar refractivity (Wildman–Crippen MR) is 125 cm³/mol. The van der Waals surface area contributed by atoms with Crippen molar-refractivity contribution >= 4 is 22.4 Å². The van der Waals surface area contributed by atoms with Gasteiger partial charge in [-0.3, -0.25) is 0 Å². The predicted octanol–water partition coefficient (Wildman–Crippen LogP) is 4.09. The molecule has 2 N–H and O–H groups in total. The van der Waals surface area contributed by atoms with Gasteiger partial charge in [-0.2, -0.15) is 0 Å². The van der Waals surface area contributed by atoms with Gasteiger partial charge in [0.25, 0.3) is 0 Å². The first-order chi connectivity index (χ1) is 15.4. The second-order valence-electron chi connectivity index (χ2n) is 10.8. The molecule has 32 heavy (non-hydrogen) atoms. The molecule has 5 aliphatic rings. The third-order valence-electron chi connectivity index (χ3n) is 9.54. The summed E-state index contributed by atoms with van der Waals surface area (Å²) in [5.74, 6) is 1.73. The van der Waals surface area contributed by atoms with Gasteiger partial charge >= 0.3 is 0 Å². The zero-order valence-corrected chi connectivity index (χ0v) is 18.7. The van der Waals surface area contributed by atoms with Gasteiger partial charge < -0.3 is 15.4 Å². The number of hydrogen-bond donors (Lipinski definition) is 1. The number of likely N-dealkylation sites (tertiary alicyclic amines) is 1. The number of fused-ring (bicyclic) bond motifs is 3. The van der Waals surface area contributed by atoms with E-state index in [1.54, 1.807) is 0 Å². The minimum absolute atomic E-state index is 0.0367. The molecular formula is C27H26N4O. The van der Waals surface area contributed by atoms with E-state index in [1.165, 1.54) is 22.3 Å². The number of benzene rings is 2. The molecular weight excluding hydrogens is 396 g/mol. The third kappa shape index (κ3) is 1.64. The molecule has 0 radical (unpaired) electrons. The smallest absolute Gasteiger partial charge is 0.151 e. The van der Waals surface area contributed by atoms with Crippen LogP contribution in [-0.2, 0) is 18.3 Å². The standard InChI is InChI=1S/C27H26N4O/c1-13-7-8-14-11-18-26(2)12-16-21-19-15(25(28)30-21)5-4-6-17(19)29-22(16)24-27(26,9-10-31(18)3)20(14)23(13)32-24/h4-8,18,24H,9-12H2,1-3H3,(H2,28,30)/t18-,24+,26+,27+/m1/s1. The maximum absolute atomic E-state index is 6.97. The van der Waals surface area contributed by atoms with Crippen LogP contribution in [0.25, 0.3) is 10.9 Å². The minimum Gasteiger partial charge on any atom is -0.483 e. The molecule has 1 saturated heterocycles. The summed E-state index contributed by atoms with van der Waals surface area (Å²) in [6.45, 7) is 5.80. The summed E-state index contributed by atoms with van der Waals surface area (Å²) in [4.78, 5) is 12.8. The molecule has 1 fully saturated rings. The number of amidine groups is 1. The number of nitrogens with zero attached hydrogens (tertiary/aromatic N) is 3. The summed E-state index contributed by atoms with van der Waals surface area (Å²) in [7, 11) is 2.30. The zero-order chi connectivity index (χ0) is 21.6. The molecule has 1 spiro atoms. The van der Waals surface area contributed by atoms with Gasteiger partial charge in [-0.15, -0.1) is 0 Å². The van der Waals surface area contributed by atoms with Crippen molar-refractivity contribution in [3.8, 4) is 5.75 Å². The SMILES string of the molecule is Cc1ccc2c3c1O[C@H]1c4nc5cccc6c5c(c4C[C@@]4(C)[C@@H](C2)N(C)CC[C@]314)N=C6N. The highest BCUT2D eigenvalue weighted by molar-refractivity contribution is 6.18. The van der Waals surface area contributed by atoms with Crippen LogP contribution in [0.4, 0.5) is 5.69 Å². The van der Waals surface area contributed by atoms with Crippen LogP contribution in [0.1, 0.15) is 53.0 Å². The molecule has 0 unspecified atom stereocenters. The van der Waals surface area contributed by atoms with Crippen LogP contribution >= 0.6 is 0 Å². The molecule has 2 aliphatic carbocycles. The Balaban J connectivity index is 1.51. The number of aliphatic imine (C=N–C) groups is 1. The molecule has 3 aliphatic heterocycles. The lowest BCUT2D eigenvalue weighted by atomic mass is 9.44. The number of likely N-dealkylation sites (N-methyl/N-ethyl adjacent to an activating group) is 1. The van der Waals surface area contributed by atoms with E-state index in [-0.39, 0.29) is 16.9 Å². The van der Waals surface area contributed by atoms with Gasteiger partial charge in [0.2, 0.25) is 0 Å². The van der Waals surface area contributed by atoms with Crippen LogP contribution in [0.15, 0.2) is 35.3 Å². The number of aromatic nitrogens is 1. The fourth-order valence-electron chi connectivity index (χ4n) is 8.09. The molecule has 0 amide bonds. The van der Waals surface area contributed by atoms with Crippen LogP contribution in [-0.4, -0.2) is 35.4 Å². The Morgan fingerprint density at radius 1 is 1.22 bits per heavy atom. The molecule has 2 aromatic carbocycles. The average molecular weight is 423 g/mol. The van der Waals surface area contributed by atoms with Crippen LogP contribution < -0.4 is 10.5 Å². The van der Waals surface area contributed by atoms with Crippen LogP contribution in [0.5, 0.6) is 5.75 Å². The van der Waals surface area contributed by atoms with Crippen molar-refractivity contribution in [3.05, 3.63) is 63.8 Å². The van der Waals surface area contributed by atoms with Gasteiger partial charge in [0.05, 0.1) is 22.3 Å². The fourth-order valence-corrected chi connectivity index (χ4v) is 8.09. The third-order valence-corrected chi connectivity index (χ3v) is 9.54. The lowest BCUT2D eigenvalue weighted by molar-refractivity contribution is -0.0908. The minimum atomic E-state index is -0.0658. The van der Waals surface area contributed by atoms with Crippen molar-refractivity contribution in [2.75, 3.05) is 13.6 Å². The van der Waals surface area contributed by atoms with E-state index in [4.69, 9.17) is 20.4 Å². The van der Waals surface area contributed by atoms with Gasteiger partial charge in [0.1, 0.15) is 11.6 Å². The van der Waals surface area contributed by atoms with Crippen molar-refractivity contribution in [1.29, 1.82) is 0 Å². The Bertz CT molecular complexity index is 1440. The molecule has 3 aromatic rings. The Morgan fingerprint density at radius 3 is 2.97 bits per heavy atom. The number of pyridine rings is 1. The maximum Gasteiger partial charge on any atom is 0.151 e. The molecule has 5 nitrogen and oxygen atoms in total. The van der Waals surface area contributed by atoms with E-state index < -0.39 is 0 Å². The van der Waals surface area contributed by atoms with Gasteiger partial charge in [0, 0.05) is 33.5 Å². The van der Waals surface area contributed by atoms with Gasteiger partial charge in [-0.1, -0.05) is 31.2 Å². The first-order valence-corrected chi connectivity index (χ1v) is 11.7. The molecule has 4 atom stereocenters. The van der Waals surface area contributed by atoms with E-state index in [0.29, 0.717) is 11.9 Å². The maximum atomic E-state index is 6.97. The van der Waals surface area contributed by atoms with Gasteiger partial charge in [-0.25, -0.2) is 9.98 Å². The van der Waals surface area contributed by atoms with Crippen molar-refractivity contribution in [3.63, 3.8) is 0 Å². The van der Waals surface area contributed by atoms with E-state index in [2.05, 4.69) is 50.1 Å². The molecule has 2 bridgehead atoms. The van der Waals surface area contributed by atoms with E-state index in [9.17, 15) is 0 Å². The molecule has 4 heterocycles. The van der Waals surface area contributed by atoms with Crippen LogP contribution in [0.3, 0.4) is 0 Å². The summed E-state index contributed by atoms with van der Waals surface area (Å²) in [6, 6.07) is 11.3. The summed E-state index contributed by atoms with van der Waals surface area (Å²) < 4.78 is 6.97. The number of ether oxygens (including phenoxy) is 1. The summed E-state index contributed by atoms with van der Waals surface area (Å²) in [6.07, 6.45) is 3.08. The monoisotopic (exact) mass is 422 g/mol. The molecule has 5 heteroatoms. The van der Waals surface area contributed by atoms with Crippen LogP contribution in [0.2, 0.25) is 0 Å². The quantitative estimate of drug-likeness (QED) is 0.593. The highest BCUT2D eigenvalue weighted by Crippen LogP contribution is 2.71. The topological polar surface area (TPSA) is 63.7 Å². The second kappa shape index (κ2) is 5.18. The normalized spacial score (nSPS) is 33.0. The van der Waals surface area contributed by atoms with Crippen molar-refractivity contribution < 1.29 is 4.74 Å². The summed E-state index contributed by atoms with van der Waals surface area (Å²) in [5, 5.41) is 1.12. The molecule has 0 saturated carbocycles. The zero-order valence-electron chi connectivity index (χ0n) is 18.7. The average Bonchev–Trinajstić information content (AvgIpc) is 3.30. The molecule has 1 aromatic heterocycles. The van der Waals surface area contributed by atoms with E-state index in [0.717, 1.165) is 59.4 Å². The Labute approximate surface area is 187 Å². The van der Waals surface area contributed by atoms with E-state index in [1.807, 2.05) is 6.07 Å². The highest BCUT2D eigenvalue weighted by atomic mass is 16.5. The number of rotatable bonds is 0. The number of nitrogens with two attached hydrogens (primary N) is 1. The van der Waals surface area contributed by atoms with Crippen molar-refractivity contribution in [2.45, 2.75) is 50.7 Å². The van der Waals surface area contributed by atoms with Gasteiger partial charge in [-0.05, 0) is 57.0 Å².